The molecule has 0 aromatic carbocycles. The van der Waals surface area contributed by atoms with Gasteiger partial charge in [0.25, 0.3) is 0 Å². The number of hydrogen-bond acceptors (Lipinski definition) is 5. The monoisotopic (exact) mass is 276 g/mol. The first-order chi connectivity index (χ1) is 9.72. The van der Waals surface area contributed by atoms with Crippen LogP contribution in [0.5, 0.6) is 0 Å². The topological polar surface area (TPSA) is 76.8 Å². The summed E-state index contributed by atoms with van der Waals surface area (Å²) < 4.78 is 11.1. The molecule has 6 heteroatoms. The van der Waals surface area contributed by atoms with Gasteiger partial charge in [-0.2, -0.15) is 4.98 Å². The van der Waals surface area contributed by atoms with Crippen molar-refractivity contribution in [3.8, 4) is 11.6 Å². The van der Waals surface area contributed by atoms with Gasteiger partial charge in [-0.3, -0.25) is 0 Å². The summed E-state index contributed by atoms with van der Waals surface area (Å²) in [6, 6.07) is 0. The lowest BCUT2D eigenvalue weighted by atomic mass is 9.88. The number of H-pyrrole nitrogens is 1. The van der Waals surface area contributed by atoms with E-state index < -0.39 is 0 Å². The Balaban J connectivity index is 1.63. The van der Waals surface area contributed by atoms with Crippen molar-refractivity contribution >= 4 is 0 Å². The minimum absolute atomic E-state index is 0.348. The van der Waals surface area contributed by atoms with Crippen LogP contribution in [0.1, 0.15) is 32.6 Å². The number of aromatic nitrogens is 4. The standard InChI is InChI=1S/C14H20N4O2/c1-9(2)11-7-10(3-6-19-11)8-12-17-14(18-20-12)13-15-4-5-16-13/h4-5,9-11H,3,6-8H2,1-2H3,(H,15,16)/t10-,11+/m0/s1. The van der Waals surface area contributed by atoms with E-state index in [0.717, 1.165) is 25.9 Å². The molecule has 1 aliphatic heterocycles. The zero-order valence-electron chi connectivity index (χ0n) is 11.9. The molecule has 0 aliphatic carbocycles. The predicted molar refractivity (Wildman–Crippen MR) is 72.9 cm³/mol. The minimum Gasteiger partial charge on any atom is -0.378 e. The Morgan fingerprint density at radius 1 is 1.45 bits per heavy atom. The Hall–Kier alpha value is -1.69. The van der Waals surface area contributed by atoms with Crippen LogP contribution >= 0.6 is 0 Å². The van der Waals surface area contributed by atoms with Crippen LogP contribution in [-0.4, -0.2) is 32.8 Å². The van der Waals surface area contributed by atoms with Gasteiger partial charge in [0.2, 0.25) is 11.7 Å². The highest BCUT2D eigenvalue weighted by Gasteiger charge is 2.26. The second-order valence-corrected chi connectivity index (χ2v) is 5.70. The Bertz CT molecular complexity index is 535. The van der Waals surface area contributed by atoms with Crippen molar-refractivity contribution < 1.29 is 9.26 Å². The molecule has 20 heavy (non-hydrogen) atoms. The smallest absolute Gasteiger partial charge is 0.238 e. The molecular formula is C14H20N4O2. The van der Waals surface area contributed by atoms with E-state index in [1.54, 1.807) is 12.4 Å². The average molecular weight is 276 g/mol. The summed E-state index contributed by atoms with van der Waals surface area (Å²) in [5.74, 6) is 2.97. The van der Waals surface area contributed by atoms with Gasteiger partial charge in [-0.05, 0) is 24.7 Å². The molecule has 0 saturated carbocycles. The second kappa shape index (κ2) is 5.75. The molecule has 1 aliphatic rings. The first-order valence-corrected chi connectivity index (χ1v) is 7.16. The highest BCUT2D eigenvalue weighted by molar-refractivity contribution is 5.40. The molecule has 0 unspecified atom stereocenters. The Kier molecular flexibility index (Phi) is 3.82. The largest absolute Gasteiger partial charge is 0.378 e. The van der Waals surface area contributed by atoms with Gasteiger partial charge in [-0.25, -0.2) is 4.98 Å². The summed E-state index contributed by atoms with van der Waals surface area (Å²) in [7, 11) is 0. The normalized spacial score (nSPS) is 23.4. The molecule has 2 atom stereocenters. The average Bonchev–Trinajstić information content (AvgIpc) is 3.09. The molecule has 0 radical (unpaired) electrons. The Morgan fingerprint density at radius 3 is 3.10 bits per heavy atom. The number of aromatic amines is 1. The summed E-state index contributed by atoms with van der Waals surface area (Å²) in [5, 5.41) is 3.97. The summed E-state index contributed by atoms with van der Waals surface area (Å²) in [4.78, 5) is 11.5. The zero-order chi connectivity index (χ0) is 13.9. The van der Waals surface area contributed by atoms with E-state index in [1.807, 2.05) is 0 Å². The third-order valence-corrected chi connectivity index (χ3v) is 3.81. The van der Waals surface area contributed by atoms with Crippen molar-refractivity contribution in [1.82, 2.24) is 20.1 Å². The molecule has 108 valence electrons. The molecule has 2 aromatic rings. The Morgan fingerprint density at radius 2 is 2.35 bits per heavy atom. The molecule has 0 amide bonds. The fraction of sp³-hybridized carbons (Fsp3) is 0.643. The van der Waals surface area contributed by atoms with E-state index in [2.05, 4.69) is 34.0 Å². The SMILES string of the molecule is CC(C)[C@H]1C[C@@H](Cc2nc(-c3ncc[nH]3)no2)CCO1. The van der Waals surface area contributed by atoms with Gasteiger partial charge in [-0.1, -0.05) is 19.0 Å². The summed E-state index contributed by atoms with van der Waals surface area (Å²) >= 11 is 0. The van der Waals surface area contributed by atoms with Crippen LogP contribution in [0.3, 0.4) is 0 Å². The molecule has 1 N–H and O–H groups in total. The van der Waals surface area contributed by atoms with E-state index in [9.17, 15) is 0 Å². The number of nitrogens with one attached hydrogen (secondary N) is 1. The van der Waals surface area contributed by atoms with Crippen LogP contribution in [0.25, 0.3) is 11.6 Å². The number of ether oxygens (including phenoxy) is 1. The van der Waals surface area contributed by atoms with E-state index in [1.165, 1.54) is 0 Å². The van der Waals surface area contributed by atoms with Crippen LogP contribution in [0.2, 0.25) is 0 Å². The lowest BCUT2D eigenvalue weighted by Gasteiger charge is -2.31. The van der Waals surface area contributed by atoms with Gasteiger partial charge < -0.3 is 14.2 Å². The molecule has 6 nitrogen and oxygen atoms in total. The highest BCUT2D eigenvalue weighted by Crippen LogP contribution is 2.27. The summed E-state index contributed by atoms with van der Waals surface area (Å²) in [6.45, 7) is 5.23. The van der Waals surface area contributed by atoms with Crippen LogP contribution in [0.15, 0.2) is 16.9 Å². The van der Waals surface area contributed by atoms with Crippen molar-refractivity contribution in [2.24, 2.45) is 11.8 Å². The van der Waals surface area contributed by atoms with Crippen LogP contribution < -0.4 is 0 Å². The molecular weight excluding hydrogens is 256 g/mol. The highest BCUT2D eigenvalue weighted by atomic mass is 16.5. The van der Waals surface area contributed by atoms with Gasteiger partial charge in [0, 0.05) is 25.4 Å². The van der Waals surface area contributed by atoms with Gasteiger partial charge in [-0.15, -0.1) is 0 Å². The quantitative estimate of drug-likeness (QED) is 0.928. The van der Waals surface area contributed by atoms with Crippen molar-refractivity contribution in [2.75, 3.05) is 6.61 Å². The number of nitrogens with zero attached hydrogens (tertiary/aromatic N) is 3. The minimum atomic E-state index is 0.348. The van der Waals surface area contributed by atoms with Crippen LogP contribution in [0.4, 0.5) is 0 Å². The lowest BCUT2D eigenvalue weighted by molar-refractivity contribution is -0.0349. The van der Waals surface area contributed by atoms with Gasteiger partial charge in [0.05, 0.1) is 6.10 Å². The molecule has 0 bridgehead atoms. The first-order valence-electron chi connectivity index (χ1n) is 7.16. The molecule has 3 heterocycles. The lowest BCUT2D eigenvalue weighted by Crippen LogP contribution is -2.30. The van der Waals surface area contributed by atoms with E-state index in [4.69, 9.17) is 9.26 Å². The van der Waals surface area contributed by atoms with E-state index in [-0.39, 0.29) is 0 Å². The maximum atomic E-state index is 5.79. The van der Waals surface area contributed by atoms with E-state index in [0.29, 0.717) is 35.5 Å². The van der Waals surface area contributed by atoms with E-state index >= 15 is 0 Å². The molecule has 1 fully saturated rings. The maximum absolute atomic E-state index is 5.79. The third-order valence-electron chi connectivity index (χ3n) is 3.81. The van der Waals surface area contributed by atoms with Crippen LogP contribution in [-0.2, 0) is 11.2 Å². The van der Waals surface area contributed by atoms with Crippen molar-refractivity contribution in [3.63, 3.8) is 0 Å². The molecule has 2 aromatic heterocycles. The fourth-order valence-corrected chi connectivity index (χ4v) is 2.62. The van der Waals surface area contributed by atoms with Crippen LogP contribution in [0, 0.1) is 11.8 Å². The van der Waals surface area contributed by atoms with Crippen molar-refractivity contribution in [2.45, 2.75) is 39.2 Å². The predicted octanol–water partition coefficient (Wildman–Crippen LogP) is 2.45. The number of imidazole rings is 1. The summed E-state index contributed by atoms with van der Waals surface area (Å²) in [6.07, 6.45) is 6.72. The zero-order valence-corrected chi connectivity index (χ0v) is 11.9. The first kappa shape index (κ1) is 13.3. The fourth-order valence-electron chi connectivity index (χ4n) is 2.62. The second-order valence-electron chi connectivity index (χ2n) is 5.70. The maximum Gasteiger partial charge on any atom is 0.238 e. The van der Waals surface area contributed by atoms with Gasteiger partial charge in [0.15, 0.2) is 5.82 Å². The Labute approximate surface area is 117 Å². The third kappa shape index (κ3) is 2.90. The number of rotatable bonds is 4. The molecule has 1 saturated heterocycles. The number of hydrogen-bond donors (Lipinski definition) is 1. The molecule has 3 rings (SSSR count). The van der Waals surface area contributed by atoms with Crippen molar-refractivity contribution in [1.29, 1.82) is 0 Å². The molecule has 0 spiro atoms. The van der Waals surface area contributed by atoms with Crippen molar-refractivity contribution in [3.05, 3.63) is 18.3 Å². The summed E-state index contributed by atoms with van der Waals surface area (Å²) in [5.41, 5.74) is 0. The van der Waals surface area contributed by atoms with Gasteiger partial charge >= 0.3 is 0 Å². The van der Waals surface area contributed by atoms with Gasteiger partial charge in [0.1, 0.15) is 0 Å².